The molecule has 0 aliphatic carbocycles. The van der Waals surface area contributed by atoms with E-state index in [9.17, 15) is 4.79 Å². The molecule has 2 heterocycles. The van der Waals surface area contributed by atoms with Crippen molar-refractivity contribution in [2.24, 2.45) is 0 Å². The lowest BCUT2D eigenvalue weighted by atomic mass is 10.2. The molecule has 0 aliphatic heterocycles. The van der Waals surface area contributed by atoms with Crippen molar-refractivity contribution in [3.63, 3.8) is 0 Å². The first-order valence-electron chi connectivity index (χ1n) is 6.16. The van der Waals surface area contributed by atoms with Gasteiger partial charge in [0.15, 0.2) is 0 Å². The van der Waals surface area contributed by atoms with Crippen LogP contribution < -0.4 is 10.3 Å². The van der Waals surface area contributed by atoms with E-state index in [1.165, 1.54) is 11.3 Å². The van der Waals surface area contributed by atoms with Crippen LogP contribution in [0.4, 0.5) is 0 Å². The molecule has 0 aliphatic rings. The molecule has 108 valence electrons. The zero-order valence-electron chi connectivity index (χ0n) is 10.8. The van der Waals surface area contributed by atoms with Crippen molar-refractivity contribution in [3.8, 4) is 5.75 Å². The number of fused-ring (bicyclic) bond motifs is 1. The number of rotatable bonds is 4. The normalized spacial score (nSPS) is 11.0. The summed E-state index contributed by atoms with van der Waals surface area (Å²) in [5, 5.41) is 11.2. The van der Waals surface area contributed by atoms with Crippen molar-refractivity contribution < 1.29 is 9.84 Å². The highest BCUT2D eigenvalue weighted by Crippen LogP contribution is 2.26. The highest BCUT2D eigenvalue weighted by atomic mass is 35.5. The standard InChI is InChI=1S/C14H11ClN2O3S/c15-9-5-8(6-18)1-2-11(9)20-7-12-16-10-3-4-21-13(10)14(19)17-12/h1-5,18H,6-7H2,(H,16,17,19). The van der Waals surface area contributed by atoms with E-state index in [0.29, 0.717) is 32.4 Å². The number of nitrogens with one attached hydrogen (secondary N) is 1. The molecule has 2 aromatic heterocycles. The fourth-order valence-electron chi connectivity index (χ4n) is 1.90. The quantitative estimate of drug-likeness (QED) is 0.774. The van der Waals surface area contributed by atoms with Gasteiger partial charge in [-0.3, -0.25) is 4.79 Å². The Balaban J connectivity index is 1.81. The van der Waals surface area contributed by atoms with E-state index >= 15 is 0 Å². The van der Waals surface area contributed by atoms with E-state index in [1.54, 1.807) is 24.3 Å². The van der Waals surface area contributed by atoms with E-state index in [4.69, 9.17) is 21.4 Å². The van der Waals surface area contributed by atoms with E-state index < -0.39 is 0 Å². The lowest BCUT2D eigenvalue weighted by molar-refractivity contribution is 0.280. The summed E-state index contributed by atoms with van der Waals surface area (Å²) < 4.78 is 6.16. The highest BCUT2D eigenvalue weighted by Gasteiger charge is 2.07. The maximum Gasteiger partial charge on any atom is 0.268 e. The number of hydrogen-bond acceptors (Lipinski definition) is 5. The lowest BCUT2D eigenvalue weighted by Gasteiger charge is -2.08. The van der Waals surface area contributed by atoms with Crippen LogP contribution >= 0.6 is 22.9 Å². The molecule has 0 unspecified atom stereocenters. The van der Waals surface area contributed by atoms with E-state index in [2.05, 4.69) is 9.97 Å². The number of thiophene rings is 1. The van der Waals surface area contributed by atoms with Gasteiger partial charge in [0.25, 0.3) is 5.56 Å². The number of aromatic nitrogens is 2. The third kappa shape index (κ3) is 2.92. The van der Waals surface area contributed by atoms with Crippen LogP contribution in [0.5, 0.6) is 5.75 Å². The minimum Gasteiger partial charge on any atom is -0.484 e. The van der Waals surface area contributed by atoms with E-state index in [0.717, 1.165) is 0 Å². The van der Waals surface area contributed by atoms with Gasteiger partial charge < -0.3 is 14.8 Å². The first-order valence-corrected chi connectivity index (χ1v) is 7.41. The van der Waals surface area contributed by atoms with E-state index in [1.807, 2.05) is 5.38 Å². The molecular weight excluding hydrogens is 312 g/mol. The van der Waals surface area contributed by atoms with Crippen LogP contribution in [0.3, 0.4) is 0 Å². The van der Waals surface area contributed by atoms with Crippen LogP contribution in [-0.4, -0.2) is 15.1 Å². The number of nitrogens with zero attached hydrogens (tertiary/aromatic N) is 1. The number of H-pyrrole nitrogens is 1. The summed E-state index contributed by atoms with van der Waals surface area (Å²) >= 11 is 7.41. The molecule has 0 atom stereocenters. The predicted molar refractivity (Wildman–Crippen MR) is 81.9 cm³/mol. The molecule has 0 amide bonds. The Kier molecular flexibility index (Phi) is 3.92. The van der Waals surface area contributed by atoms with Crippen LogP contribution in [0, 0.1) is 0 Å². The van der Waals surface area contributed by atoms with Gasteiger partial charge in [-0.05, 0) is 29.1 Å². The molecule has 0 spiro atoms. The lowest BCUT2D eigenvalue weighted by Crippen LogP contribution is -2.12. The predicted octanol–water partition coefficient (Wildman–Crippen LogP) is 2.71. The number of halogens is 1. The Morgan fingerprint density at radius 3 is 3.00 bits per heavy atom. The molecule has 0 radical (unpaired) electrons. The maximum absolute atomic E-state index is 11.8. The summed E-state index contributed by atoms with van der Waals surface area (Å²) in [6, 6.07) is 6.82. The number of aromatic amines is 1. The van der Waals surface area contributed by atoms with E-state index in [-0.39, 0.29) is 18.8 Å². The second kappa shape index (κ2) is 5.85. The smallest absolute Gasteiger partial charge is 0.268 e. The molecule has 0 saturated heterocycles. The van der Waals surface area contributed by atoms with Gasteiger partial charge in [-0.1, -0.05) is 17.7 Å². The van der Waals surface area contributed by atoms with Crippen molar-refractivity contribution in [1.29, 1.82) is 0 Å². The first kappa shape index (κ1) is 14.1. The monoisotopic (exact) mass is 322 g/mol. The number of ether oxygens (including phenoxy) is 1. The third-order valence-electron chi connectivity index (χ3n) is 2.91. The van der Waals surface area contributed by atoms with Gasteiger partial charge >= 0.3 is 0 Å². The van der Waals surface area contributed by atoms with Gasteiger partial charge in [0, 0.05) is 0 Å². The second-order valence-corrected chi connectivity index (χ2v) is 5.68. The number of aliphatic hydroxyl groups is 1. The molecule has 0 saturated carbocycles. The largest absolute Gasteiger partial charge is 0.484 e. The van der Waals surface area contributed by atoms with Crippen molar-refractivity contribution in [3.05, 3.63) is 56.4 Å². The summed E-state index contributed by atoms with van der Waals surface area (Å²) in [5.74, 6) is 0.912. The summed E-state index contributed by atoms with van der Waals surface area (Å²) in [5.41, 5.74) is 1.19. The Bertz CT molecular complexity index is 844. The van der Waals surface area contributed by atoms with Crippen molar-refractivity contribution in [2.75, 3.05) is 0 Å². The minimum atomic E-state index is -0.171. The van der Waals surface area contributed by atoms with Crippen LogP contribution in [0.2, 0.25) is 5.02 Å². The zero-order valence-corrected chi connectivity index (χ0v) is 12.4. The Labute approximate surface area is 128 Å². The van der Waals surface area contributed by atoms with Crippen LogP contribution in [0.25, 0.3) is 10.2 Å². The molecule has 5 nitrogen and oxygen atoms in total. The number of benzene rings is 1. The summed E-state index contributed by atoms with van der Waals surface area (Å²) in [6.07, 6.45) is 0. The molecule has 0 bridgehead atoms. The highest BCUT2D eigenvalue weighted by molar-refractivity contribution is 7.17. The zero-order chi connectivity index (χ0) is 14.8. The first-order chi connectivity index (χ1) is 10.2. The van der Waals surface area contributed by atoms with Gasteiger partial charge in [-0.15, -0.1) is 11.3 Å². The summed E-state index contributed by atoms with van der Waals surface area (Å²) in [7, 11) is 0. The van der Waals surface area contributed by atoms with Gasteiger partial charge in [0.2, 0.25) is 0 Å². The van der Waals surface area contributed by atoms with Gasteiger partial charge in [-0.2, -0.15) is 0 Å². The molecule has 1 aromatic carbocycles. The van der Waals surface area contributed by atoms with Crippen LogP contribution in [0.15, 0.2) is 34.4 Å². The molecular formula is C14H11ClN2O3S. The average Bonchev–Trinajstić information content (AvgIpc) is 2.95. The average molecular weight is 323 g/mol. The SMILES string of the molecule is O=c1[nH]c(COc2ccc(CO)cc2Cl)nc2ccsc12. The fraction of sp³-hybridized carbons (Fsp3) is 0.143. The fourth-order valence-corrected chi connectivity index (χ4v) is 2.88. The van der Waals surface area contributed by atoms with Crippen molar-refractivity contribution in [2.45, 2.75) is 13.2 Å². The molecule has 21 heavy (non-hydrogen) atoms. The Hall–Kier alpha value is -1.89. The van der Waals surface area contributed by atoms with Gasteiger partial charge in [0.05, 0.1) is 17.1 Å². The van der Waals surface area contributed by atoms with Gasteiger partial charge in [0.1, 0.15) is 22.9 Å². The van der Waals surface area contributed by atoms with Crippen LogP contribution in [-0.2, 0) is 13.2 Å². The molecule has 3 aromatic rings. The maximum atomic E-state index is 11.8. The topological polar surface area (TPSA) is 75.2 Å². The third-order valence-corrected chi connectivity index (χ3v) is 4.10. The van der Waals surface area contributed by atoms with Crippen molar-refractivity contribution in [1.82, 2.24) is 9.97 Å². The summed E-state index contributed by atoms with van der Waals surface area (Å²) in [4.78, 5) is 18.8. The number of hydrogen-bond donors (Lipinski definition) is 2. The molecule has 7 heteroatoms. The Morgan fingerprint density at radius 1 is 1.38 bits per heavy atom. The summed E-state index contributed by atoms with van der Waals surface area (Å²) in [6.45, 7) is 0.0307. The molecule has 0 fully saturated rings. The van der Waals surface area contributed by atoms with Gasteiger partial charge in [-0.25, -0.2) is 4.98 Å². The molecule has 2 N–H and O–H groups in total. The number of aliphatic hydroxyl groups excluding tert-OH is 1. The van der Waals surface area contributed by atoms with Crippen LogP contribution in [0.1, 0.15) is 11.4 Å². The molecule has 3 rings (SSSR count). The van der Waals surface area contributed by atoms with Crippen molar-refractivity contribution >= 4 is 33.2 Å². The minimum absolute atomic E-state index is 0.0797. The second-order valence-electron chi connectivity index (χ2n) is 4.36. The Morgan fingerprint density at radius 2 is 2.24 bits per heavy atom.